The minimum atomic E-state index is -0.363. The van der Waals surface area contributed by atoms with Crippen molar-refractivity contribution in [2.75, 3.05) is 11.9 Å². The van der Waals surface area contributed by atoms with Crippen molar-refractivity contribution in [1.82, 2.24) is 4.98 Å². The van der Waals surface area contributed by atoms with Gasteiger partial charge >= 0.3 is 0 Å². The fourth-order valence-corrected chi connectivity index (χ4v) is 1.42. The monoisotopic (exact) mass is 192 g/mol. The summed E-state index contributed by atoms with van der Waals surface area (Å²) in [7, 11) is 0. The molecule has 0 aliphatic heterocycles. The van der Waals surface area contributed by atoms with Crippen molar-refractivity contribution in [1.29, 1.82) is 0 Å². The molecule has 0 saturated carbocycles. The number of rotatable bonds is 3. The van der Waals surface area contributed by atoms with E-state index < -0.39 is 0 Å². The largest absolute Gasteiger partial charge is 0.392 e. The molecule has 0 aromatic carbocycles. The number of thiazole rings is 1. The van der Waals surface area contributed by atoms with Crippen molar-refractivity contribution in [3.05, 3.63) is 10.5 Å². The van der Waals surface area contributed by atoms with Crippen LogP contribution in [0.3, 0.4) is 0 Å². The van der Waals surface area contributed by atoms with E-state index in [9.17, 15) is 0 Å². The Balaban J connectivity index is 2.39. The van der Waals surface area contributed by atoms with Gasteiger partial charge in [0.25, 0.3) is 0 Å². The average Bonchev–Trinajstić information content (AvgIpc) is 2.31. The molecule has 0 amide bonds. The first-order chi connectivity index (χ1) is 5.18. The molecule has 62 valence electrons. The molecule has 0 aliphatic rings. The van der Waals surface area contributed by atoms with E-state index in [0.717, 1.165) is 5.13 Å². The van der Waals surface area contributed by atoms with Gasteiger partial charge in [0, 0.05) is 11.9 Å². The van der Waals surface area contributed by atoms with Crippen molar-refractivity contribution >= 4 is 28.1 Å². The zero-order valence-electron chi connectivity index (χ0n) is 6.04. The van der Waals surface area contributed by atoms with Gasteiger partial charge < -0.3 is 10.4 Å². The van der Waals surface area contributed by atoms with Gasteiger partial charge in [-0.3, -0.25) is 0 Å². The smallest absolute Gasteiger partial charge is 0.184 e. The molecule has 0 fully saturated rings. The molecule has 1 rings (SSSR count). The van der Waals surface area contributed by atoms with Gasteiger partial charge in [-0.1, -0.05) is 11.6 Å². The summed E-state index contributed by atoms with van der Waals surface area (Å²) in [5.41, 5.74) is 0. The molecule has 1 unspecified atom stereocenters. The fraction of sp³-hybridized carbons (Fsp3) is 0.500. The minimum Gasteiger partial charge on any atom is -0.392 e. The van der Waals surface area contributed by atoms with Gasteiger partial charge in [-0.05, 0) is 6.92 Å². The lowest BCUT2D eigenvalue weighted by Gasteiger charge is -2.03. The molecule has 0 radical (unpaired) electrons. The summed E-state index contributed by atoms with van der Waals surface area (Å²) in [5.74, 6) is 0. The summed E-state index contributed by atoms with van der Waals surface area (Å²) < 4.78 is 0. The van der Waals surface area contributed by atoms with Crippen LogP contribution in [-0.2, 0) is 0 Å². The van der Waals surface area contributed by atoms with Gasteiger partial charge in [0.05, 0.1) is 6.10 Å². The summed E-state index contributed by atoms with van der Waals surface area (Å²) in [6.45, 7) is 2.21. The molecule has 11 heavy (non-hydrogen) atoms. The van der Waals surface area contributed by atoms with Crippen LogP contribution < -0.4 is 5.32 Å². The van der Waals surface area contributed by atoms with E-state index in [1.807, 2.05) is 0 Å². The zero-order valence-corrected chi connectivity index (χ0v) is 7.61. The van der Waals surface area contributed by atoms with E-state index in [1.54, 1.807) is 12.3 Å². The predicted molar refractivity (Wildman–Crippen MR) is 47.3 cm³/mol. The molecule has 1 aromatic heterocycles. The van der Waals surface area contributed by atoms with Crippen LogP contribution in [0.15, 0.2) is 5.38 Å². The molecule has 1 atom stereocenters. The fourth-order valence-electron chi connectivity index (χ4n) is 0.570. The standard InChI is InChI=1S/C6H9ClN2OS/c1-4(10)2-8-6-9-5(7)3-11-6/h3-4,10H,2H2,1H3,(H,8,9). The van der Waals surface area contributed by atoms with Crippen LogP contribution in [0.5, 0.6) is 0 Å². The van der Waals surface area contributed by atoms with Crippen LogP contribution in [0.25, 0.3) is 0 Å². The second kappa shape index (κ2) is 3.90. The van der Waals surface area contributed by atoms with Gasteiger partial charge in [-0.25, -0.2) is 4.98 Å². The van der Waals surface area contributed by atoms with Gasteiger partial charge in [0.2, 0.25) is 0 Å². The SMILES string of the molecule is CC(O)CNc1nc(Cl)cs1. The molecule has 1 aromatic rings. The third-order valence-corrected chi connectivity index (χ3v) is 2.15. The molecule has 1 heterocycles. The Morgan fingerprint density at radius 2 is 2.64 bits per heavy atom. The first-order valence-corrected chi connectivity index (χ1v) is 4.47. The Bertz CT molecular complexity index is 226. The number of nitrogens with zero attached hydrogens (tertiary/aromatic N) is 1. The second-order valence-corrected chi connectivity index (χ2v) is 3.45. The molecule has 0 saturated heterocycles. The predicted octanol–water partition coefficient (Wildman–Crippen LogP) is 1.59. The van der Waals surface area contributed by atoms with Gasteiger partial charge in [0.1, 0.15) is 5.15 Å². The Morgan fingerprint density at radius 1 is 1.91 bits per heavy atom. The topological polar surface area (TPSA) is 45.1 Å². The van der Waals surface area contributed by atoms with E-state index in [-0.39, 0.29) is 6.10 Å². The molecular weight excluding hydrogens is 184 g/mol. The third kappa shape index (κ3) is 3.05. The number of nitrogens with one attached hydrogen (secondary N) is 1. The molecule has 2 N–H and O–H groups in total. The van der Waals surface area contributed by atoms with Crippen LogP contribution in [0.4, 0.5) is 5.13 Å². The summed E-state index contributed by atoms with van der Waals surface area (Å²) in [4.78, 5) is 3.94. The highest BCUT2D eigenvalue weighted by atomic mass is 35.5. The first kappa shape index (κ1) is 8.77. The van der Waals surface area contributed by atoms with Crippen LogP contribution in [0.2, 0.25) is 5.15 Å². The quantitative estimate of drug-likeness (QED) is 0.765. The Morgan fingerprint density at radius 3 is 3.09 bits per heavy atom. The first-order valence-electron chi connectivity index (χ1n) is 3.21. The summed E-state index contributed by atoms with van der Waals surface area (Å²) >= 11 is 7.00. The van der Waals surface area contributed by atoms with E-state index in [2.05, 4.69) is 10.3 Å². The maximum atomic E-state index is 8.90. The zero-order chi connectivity index (χ0) is 8.27. The molecule has 0 spiro atoms. The summed E-state index contributed by atoms with van der Waals surface area (Å²) in [6, 6.07) is 0. The van der Waals surface area contributed by atoms with E-state index in [4.69, 9.17) is 16.7 Å². The highest BCUT2D eigenvalue weighted by Crippen LogP contribution is 2.18. The van der Waals surface area contributed by atoms with E-state index in [0.29, 0.717) is 11.7 Å². The van der Waals surface area contributed by atoms with Crippen molar-refractivity contribution in [3.63, 3.8) is 0 Å². The van der Waals surface area contributed by atoms with E-state index in [1.165, 1.54) is 11.3 Å². The van der Waals surface area contributed by atoms with Gasteiger partial charge in [-0.15, -0.1) is 11.3 Å². The lowest BCUT2D eigenvalue weighted by atomic mass is 10.4. The van der Waals surface area contributed by atoms with Crippen molar-refractivity contribution < 1.29 is 5.11 Å². The maximum absolute atomic E-state index is 8.90. The molecule has 0 bridgehead atoms. The lowest BCUT2D eigenvalue weighted by molar-refractivity contribution is 0.208. The number of anilines is 1. The van der Waals surface area contributed by atoms with Crippen LogP contribution >= 0.6 is 22.9 Å². The number of aromatic nitrogens is 1. The number of halogens is 1. The third-order valence-electron chi connectivity index (χ3n) is 1.02. The van der Waals surface area contributed by atoms with Crippen LogP contribution in [-0.4, -0.2) is 22.7 Å². The number of hydrogen-bond acceptors (Lipinski definition) is 4. The number of aliphatic hydroxyl groups excluding tert-OH is 1. The highest BCUT2D eigenvalue weighted by Gasteiger charge is 1.99. The number of aliphatic hydroxyl groups is 1. The Kier molecular flexibility index (Phi) is 3.11. The summed E-state index contributed by atoms with van der Waals surface area (Å²) in [6.07, 6.45) is -0.363. The second-order valence-electron chi connectivity index (χ2n) is 2.21. The van der Waals surface area contributed by atoms with Gasteiger partial charge in [-0.2, -0.15) is 0 Å². The van der Waals surface area contributed by atoms with Crippen LogP contribution in [0.1, 0.15) is 6.92 Å². The van der Waals surface area contributed by atoms with E-state index >= 15 is 0 Å². The molecule has 0 aliphatic carbocycles. The number of hydrogen-bond donors (Lipinski definition) is 2. The Hall–Kier alpha value is -0.320. The van der Waals surface area contributed by atoms with Crippen molar-refractivity contribution in [3.8, 4) is 0 Å². The van der Waals surface area contributed by atoms with Crippen LogP contribution in [0, 0.1) is 0 Å². The molecule has 3 nitrogen and oxygen atoms in total. The van der Waals surface area contributed by atoms with Gasteiger partial charge in [0.15, 0.2) is 5.13 Å². The minimum absolute atomic E-state index is 0.363. The maximum Gasteiger partial charge on any atom is 0.184 e. The molecule has 5 heteroatoms. The molecular formula is C6H9ClN2OS. The normalized spacial score (nSPS) is 13.0. The summed E-state index contributed by atoms with van der Waals surface area (Å²) in [5, 5.41) is 14.8. The van der Waals surface area contributed by atoms with Crippen molar-refractivity contribution in [2.24, 2.45) is 0 Å². The highest BCUT2D eigenvalue weighted by molar-refractivity contribution is 7.14. The lowest BCUT2D eigenvalue weighted by Crippen LogP contribution is -2.14. The van der Waals surface area contributed by atoms with Crippen molar-refractivity contribution in [2.45, 2.75) is 13.0 Å². The Labute approximate surface area is 74.0 Å². The average molecular weight is 193 g/mol.